The summed E-state index contributed by atoms with van der Waals surface area (Å²) in [5, 5.41) is 3.50. The van der Waals surface area contributed by atoms with Crippen molar-refractivity contribution in [1.29, 1.82) is 0 Å². The van der Waals surface area contributed by atoms with E-state index < -0.39 is 0 Å². The van der Waals surface area contributed by atoms with E-state index in [0.29, 0.717) is 25.0 Å². The lowest BCUT2D eigenvalue weighted by atomic mass is 9.81. The van der Waals surface area contributed by atoms with Crippen LogP contribution >= 0.6 is 24.0 Å². The number of halogens is 2. The van der Waals surface area contributed by atoms with Gasteiger partial charge in [-0.15, -0.1) is 24.0 Å². The van der Waals surface area contributed by atoms with E-state index in [1.165, 1.54) is 5.56 Å². The Labute approximate surface area is 161 Å². The predicted molar refractivity (Wildman–Crippen MR) is 105 cm³/mol. The minimum absolute atomic E-state index is 0. The third kappa shape index (κ3) is 5.11. The van der Waals surface area contributed by atoms with Gasteiger partial charge in [0.25, 0.3) is 0 Å². The molecule has 3 unspecified atom stereocenters. The van der Waals surface area contributed by atoms with E-state index in [2.05, 4.69) is 29.6 Å². The van der Waals surface area contributed by atoms with E-state index in [1.54, 1.807) is 7.11 Å². The molecule has 0 aromatic heterocycles. The second-order valence-electron chi connectivity index (χ2n) is 6.20. The fourth-order valence-corrected chi connectivity index (χ4v) is 3.88. The Morgan fingerprint density at radius 2 is 1.76 bits per heavy atom. The van der Waals surface area contributed by atoms with Crippen LogP contribution in [0.5, 0.6) is 5.75 Å². The standard InChI is InChI=1S/C20H24ClNO2.ClH/c1-23-19-10-6-5-9-16(19)13-24-14-17-11-22-12-18(21)20(17)15-7-3-2-4-8-15;/h2-10,17-18,20,22H,11-14H2,1H3;1H. The Kier molecular flexibility index (Phi) is 8.04. The van der Waals surface area contributed by atoms with Crippen molar-refractivity contribution in [3.05, 3.63) is 65.7 Å². The molecular weight excluding hydrogens is 357 g/mol. The molecule has 0 amide bonds. The average molecular weight is 382 g/mol. The zero-order chi connectivity index (χ0) is 16.8. The maximum atomic E-state index is 6.62. The highest BCUT2D eigenvalue weighted by atomic mass is 35.5. The van der Waals surface area contributed by atoms with Crippen molar-refractivity contribution in [2.45, 2.75) is 17.9 Å². The van der Waals surface area contributed by atoms with Crippen LogP contribution in [0.4, 0.5) is 0 Å². The first-order valence-electron chi connectivity index (χ1n) is 8.39. The lowest BCUT2D eigenvalue weighted by Crippen LogP contribution is -2.44. The molecule has 2 aromatic rings. The van der Waals surface area contributed by atoms with E-state index >= 15 is 0 Å². The van der Waals surface area contributed by atoms with Crippen molar-refractivity contribution < 1.29 is 9.47 Å². The van der Waals surface area contributed by atoms with Crippen molar-refractivity contribution >= 4 is 24.0 Å². The molecular formula is C20H25Cl2NO2. The van der Waals surface area contributed by atoms with Crippen LogP contribution in [0.25, 0.3) is 0 Å². The highest BCUT2D eigenvalue weighted by molar-refractivity contribution is 6.21. The van der Waals surface area contributed by atoms with Crippen LogP contribution in [-0.2, 0) is 11.3 Å². The summed E-state index contributed by atoms with van der Waals surface area (Å²) in [5.74, 6) is 1.54. The van der Waals surface area contributed by atoms with Crippen LogP contribution in [0.15, 0.2) is 54.6 Å². The van der Waals surface area contributed by atoms with Crippen LogP contribution < -0.4 is 10.1 Å². The number of methoxy groups -OCH3 is 1. The van der Waals surface area contributed by atoms with Crippen LogP contribution in [0, 0.1) is 5.92 Å². The molecule has 1 aliphatic rings. The molecule has 1 N–H and O–H groups in total. The van der Waals surface area contributed by atoms with E-state index in [9.17, 15) is 0 Å². The monoisotopic (exact) mass is 381 g/mol. The Hall–Kier alpha value is -1.26. The summed E-state index contributed by atoms with van der Waals surface area (Å²) in [6.07, 6.45) is 0. The number of hydrogen-bond acceptors (Lipinski definition) is 3. The topological polar surface area (TPSA) is 30.5 Å². The molecule has 1 fully saturated rings. The molecule has 3 atom stereocenters. The quantitative estimate of drug-likeness (QED) is 0.758. The maximum Gasteiger partial charge on any atom is 0.124 e. The van der Waals surface area contributed by atoms with Crippen molar-refractivity contribution in [2.75, 3.05) is 26.8 Å². The molecule has 2 aromatic carbocycles. The van der Waals surface area contributed by atoms with Gasteiger partial charge in [-0.2, -0.15) is 0 Å². The Morgan fingerprint density at radius 3 is 2.52 bits per heavy atom. The summed E-state index contributed by atoms with van der Waals surface area (Å²) in [6.45, 7) is 2.99. The smallest absolute Gasteiger partial charge is 0.124 e. The molecule has 136 valence electrons. The molecule has 1 heterocycles. The number of hydrogen-bond donors (Lipinski definition) is 1. The van der Waals surface area contributed by atoms with Crippen molar-refractivity contribution in [2.24, 2.45) is 5.92 Å². The molecule has 1 aliphatic heterocycles. The Bertz CT molecular complexity index is 639. The summed E-state index contributed by atoms with van der Waals surface area (Å²) < 4.78 is 11.4. The fourth-order valence-electron chi connectivity index (χ4n) is 3.42. The molecule has 3 nitrogen and oxygen atoms in total. The Balaban J connectivity index is 0.00000225. The van der Waals surface area contributed by atoms with Crippen molar-refractivity contribution in [1.82, 2.24) is 5.32 Å². The SMILES string of the molecule is COc1ccccc1COCC1CNCC(Cl)C1c1ccccc1.Cl. The number of piperidine rings is 1. The molecule has 5 heteroatoms. The van der Waals surface area contributed by atoms with Gasteiger partial charge in [0.05, 0.1) is 25.7 Å². The van der Waals surface area contributed by atoms with Crippen LogP contribution in [0.3, 0.4) is 0 Å². The second kappa shape index (κ2) is 10.0. The molecule has 25 heavy (non-hydrogen) atoms. The van der Waals surface area contributed by atoms with Gasteiger partial charge in [-0.1, -0.05) is 48.5 Å². The maximum absolute atomic E-state index is 6.62. The predicted octanol–water partition coefficient (Wildman–Crippen LogP) is 4.24. The summed E-state index contributed by atoms with van der Waals surface area (Å²) in [7, 11) is 1.69. The summed E-state index contributed by atoms with van der Waals surface area (Å²) in [4.78, 5) is 0. The highest BCUT2D eigenvalue weighted by Crippen LogP contribution is 2.34. The third-order valence-electron chi connectivity index (χ3n) is 4.61. The van der Waals surface area contributed by atoms with Gasteiger partial charge >= 0.3 is 0 Å². The minimum Gasteiger partial charge on any atom is -0.496 e. The van der Waals surface area contributed by atoms with Crippen LogP contribution in [-0.4, -0.2) is 32.2 Å². The van der Waals surface area contributed by atoms with Gasteiger partial charge in [-0.3, -0.25) is 0 Å². The number of para-hydroxylation sites is 1. The average Bonchev–Trinajstić information content (AvgIpc) is 2.63. The normalized spacial score (nSPS) is 22.9. The van der Waals surface area contributed by atoms with Gasteiger partial charge in [0.1, 0.15) is 5.75 Å². The van der Waals surface area contributed by atoms with Crippen LogP contribution in [0.1, 0.15) is 17.0 Å². The van der Waals surface area contributed by atoms with E-state index in [1.807, 2.05) is 30.3 Å². The lowest BCUT2D eigenvalue weighted by molar-refractivity contribution is 0.0696. The van der Waals surface area contributed by atoms with Gasteiger partial charge in [0.2, 0.25) is 0 Å². The molecule has 0 aliphatic carbocycles. The highest BCUT2D eigenvalue weighted by Gasteiger charge is 2.33. The van der Waals surface area contributed by atoms with E-state index in [0.717, 1.165) is 24.4 Å². The van der Waals surface area contributed by atoms with Gasteiger partial charge in [-0.25, -0.2) is 0 Å². The lowest BCUT2D eigenvalue weighted by Gasteiger charge is -2.36. The Morgan fingerprint density at radius 1 is 1.04 bits per heavy atom. The molecule has 1 saturated heterocycles. The van der Waals surface area contributed by atoms with Gasteiger partial charge in [0.15, 0.2) is 0 Å². The first-order valence-corrected chi connectivity index (χ1v) is 8.82. The first kappa shape index (κ1) is 20.1. The first-order chi connectivity index (χ1) is 11.8. The number of ether oxygens (including phenoxy) is 2. The molecule has 3 rings (SSSR count). The number of alkyl halides is 1. The molecule has 0 bridgehead atoms. The summed E-state index contributed by atoms with van der Waals surface area (Å²) in [6, 6.07) is 18.5. The summed E-state index contributed by atoms with van der Waals surface area (Å²) in [5.41, 5.74) is 2.37. The third-order valence-corrected chi connectivity index (χ3v) is 5.04. The zero-order valence-electron chi connectivity index (χ0n) is 14.4. The molecule has 0 spiro atoms. The van der Waals surface area contributed by atoms with Crippen molar-refractivity contribution in [3.63, 3.8) is 0 Å². The summed E-state index contributed by atoms with van der Waals surface area (Å²) >= 11 is 6.62. The van der Waals surface area contributed by atoms with E-state index in [-0.39, 0.29) is 17.8 Å². The molecule has 0 radical (unpaired) electrons. The fraction of sp³-hybridized carbons (Fsp3) is 0.400. The second-order valence-corrected chi connectivity index (χ2v) is 6.76. The van der Waals surface area contributed by atoms with Gasteiger partial charge in [0, 0.05) is 30.5 Å². The van der Waals surface area contributed by atoms with Crippen LogP contribution in [0.2, 0.25) is 0 Å². The zero-order valence-corrected chi connectivity index (χ0v) is 15.9. The van der Waals surface area contributed by atoms with Crippen molar-refractivity contribution in [3.8, 4) is 5.75 Å². The van der Waals surface area contributed by atoms with Gasteiger partial charge < -0.3 is 14.8 Å². The van der Waals surface area contributed by atoms with Gasteiger partial charge in [-0.05, 0) is 11.6 Å². The number of benzene rings is 2. The largest absolute Gasteiger partial charge is 0.496 e. The molecule has 0 saturated carbocycles. The van der Waals surface area contributed by atoms with E-state index in [4.69, 9.17) is 21.1 Å². The number of rotatable bonds is 6. The minimum atomic E-state index is 0. The number of nitrogens with one attached hydrogen (secondary N) is 1.